The van der Waals surface area contributed by atoms with Gasteiger partial charge in [0, 0.05) is 9.13 Å². The number of carbonyl (C=O) groups excluding carboxylic acids is 1. The maximum atomic E-state index is 10.9. The van der Waals surface area contributed by atoms with Gasteiger partial charge in [0.15, 0.2) is 6.29 Å². The van der Waals surface area contributed by atoms with Gasteiger partial charge in [-0.15, -0.1) is 0 Å². The molecule has 0 heterocycles. The number of aldehydes is 1. The van der Waals surface area contributed by atoms with E-state index in [0.29, 0.717) is 0 Å². The molecule has 2 heteroatoms. The summed E-state index contributed by atoms with van der Waals surface area (Å²) in [4.78, 5) is 10.9. The summed E-state index contributed by atoms with van der Waals surface area (Å²) in [5, 5.41) is 0. The van der Waals surface area contributed by atoms with Crippen molar-refractivity contribution in [1.82, 2.24) is 0 Å². The van der Waals surface area contributed by atoms with E-state index in [-0.39, 0.29) is 0 Å². The fourth-order valence-corrected chi connectivity index (χ4v) is 1.99. The van der Waals surface area contributed by atoms with Crippen LogP contribution in [0.4, 0.5) is 0 Å². The van der Waals surface area contributed by atoms with Gasteiger partial charge in [-0.3, -0.25) is 4.79 Å². The van der Waals surface area contributed by atoms with E-state index < -0.39 is 0 Å². The zero-order valence-electron chi connectivity index (χ0n) is 7.98. The van der Waals surface area contributed by atoms with Crippen LogP contribution in [-0.4, -0.2) is 6.29 Å². The normalized spacial score (nSPS) is 9.93. The second-order valence-electron chi connectivity index (χ2n) is 3.22. The summed E-state index contributed by atoms with van der Waals surface area (Å²) in [6.45, 7) is 0. The molecule has 0 N–H and O–H groups in total. The lowest BCUT2D eigenvalue weighted by Gasteiger charge is -2.05. The topological polar surface area (TPSA) is 17.1 Å². The molecule has 0 unspecified atom stereocenters. The lowest BCUT2D eigenvalue weighted by molar-refractivity contribution is 0.112. The molecule has 0 saturated heterocycles. The molecule has 0 spiro atoms. The van der Waals surface area contributed by atoms with E-state index in [1.165, 1.54) is 0 Å². The quantitative estimate of drug-likeness (QED) is 0.610. The van der Waals surface area contributed by atoms with E-state index in [9.17, 15) is 4.79 Å². The van der Waals surface area contributed by atoms with Gasteiger partial charge in [-0.25, -0.2) is 0 Å². The smallest absolute Gasteiger partial charge is 0.150 e. The van der Waals surface area contributed by atoms with Gasteiger partial charge in [0.05, 0.1) is 0 Å². The minimum absolute atomic E-state index is 0.738. The number of carbonyl (C=O) groups is 1. The second-order valence-corrected chi connectivity index (χ2v) is 4.46. The van der Waals surface area contributed by atoms with Crippen LogP contribution >= 0.6 is 22.6 Å². The summed E-state index contributed by atoms with van der Waals surface area (Å²) in [5.74, 6) is 0. The summed E-state index contributed by atoms with van der Waals surface area (Å²) < 4.78 is 1.14. The van der Waals surface area contributed by atoms with Gasteiger partial charge in [0.1, 0.15) is 0 Å². The van der Waals surface area contributed by atoms with Crippen LogP contribution in [0, 0.1) is 3.57 Å². The van der Waals surface area contributed by atoms with Gasteiger partial charge >= 0.3 is 0 Å². The van der Waals surface area contributed by atoms with E-state index in [1.807, 2.05) is 48.5 Å². The molecule has 0 aliphatic carbocycles. The van der Waals surface area contributed by atoms with E-state index in [1.54, 1.807) is 0 Å². The highest BCUT2D eigenvalue weighted by molar-refractivity contribution is 14.1. The maximum absolute atomic E-state index is 10.9. The molecule has 2 aromatic carbocycles. The number of benzene rings is 2. The van der Waals surface area contributed by atoms with Crippen molar-refractivity contribution in [3.8, 4) is 11.1 Å². The Morgan fingerprint density at radius 1 is 1.00 bits per heavy atom. The Morgan fingerprint density at radius 3 is 2.40 bits per heavy atom. The Balaban J connectivity index is 2.61. The van der Waals surface area contributed by atoms with Gasteiger partial charge in [0.2, 0.25) is 0 Å². The molecule has 0 radical (unpaired) electrons. The van der Waals surface area contributed by atoms with E-state index in [2.05, 4.69) is 22.6 Å². The average molecular weight is 308 g/mol. The monoisotopic (exact) mass is 308 g/mol. The van der Waals surface area contributed by atoms with Crippen molar-refractivity contribution >= 4 is 28.9 Å². The van der Waals surface area contributed by atoms with Gasteiger partial charge in [0.25, 0.3) is 0 Å². The van der Waals surface area contributed by atoms with Crippen molar-refractivity contribution in [2.45, 2.75) is 0 Å². The largest absolute Gasteiger partial charge is 0.298 e. The minimum atomic E-state index is 0.738. The Labute approximate surface area is 102 Å². The fraction of sp³-hybridized carbons (Fsp3) is 0. The highest BCUT2D eigenvalue weighted by Gasteiger charge is 2.04. The third kappa shape index (κ3) is 2.26. The van der Waals surface area contributed by atoms with Crippen LogP contribution in [-0.2, 0) is 0 Å². The standard InChI is InChI=1S/C13H9IO/c14-12-7-6-11(9-15)13(8-12)10-4-2-1-3-5-10/h1-9H. The van der Waals surface area contributed by atoms with Crippen molar-refractivity contribution < 1.29 is 4.79 Å². The lowest BCUT2D eigenvalue weighted by atomic mass is 10.0. The van der Waals surface area contributed by atoms with Gasteiger partial charge in [-0.1, -0.05) is 36.4 Å². The minimum Gasteiger partial charge on any atom is -0.298 e. The summed E-state index contributed by atoms with van der Waals surface area (Å²) in [7, 11) is 0. The molecule has 2 rings (SSSR count). The van der Waals surface area contributed by atoms with Crippen LogP contribution in [0.1, 0.15) is 10.4 Å². The third-order valence-electron chi connectivity index (χ3n) is 2.23. The molecular formula is C13H9IO. The van der Waals surface area contributed by atoms with Gasteiger partial charge < -0.3 is 0 Å². The molecular weight excluding hydrogens is 299 g/mol. The Hall–Kier alpha value is -1.16. The zero-order chi connectivity index (χ0) is 10.7. The van der Waals surface area contributed by atoms with Crippen LogP contribution in [0.5, 0.6) is 0 Å². The van der Waals surface area contributed by atoms with E-state index in [0.717, 1.165) is 26.5 Å². The molecule has 15 heavy (non-hydrogen) atoms. The van der Waals surface area contributed by atoms with Crippen LogP contribution in [0.3, 0.4) is 0 Å². The number of hydrogen-bond acceptors (Lipinski definition) is 1. The fourth-order valence-electron chi connectivity index (χ4n) is 1.50. The first-order valence-corrected chi connectivity index (χ1v) is 5.69. The highest BCUT2D eigenvalue weighted by atomic mass is 127. The highest BCUT2D eigenvalue weighted by Crippen LogP contribution is 2.24. The van der Waals surface area contributed by atoms with Crippen LogP contribution < -0.4 is 0 Å². The first-order chi connectivity index (χ1) is 7.31. The lowest BCUT2D eigenvalue weighted by Crippen LogP contribution is -1.88. The first-order valence-electron chi connectivity index (χ1n) is 4.61. The van der Waals surface area contributed by atoms with Gasteiger partial charge in [-0.2, -0.15) is 0 Å². The molecule has 0 aliphatic heterocycles. The van der Waals surface area contributed by atoms with Crippen molar-refractivity contribution in [2.24, 2.45) is 0 Å². The molecule has 0 bridgehead atoms. The average Bonchev–Trinajstić information content (AvgIpc) is 2.30. The summed E-state index contributed by atoms with van der Waals surface area (Å²) in [5.41, 5.74) is 2.82. The Bertz CT molecular complexity index is 477. The van der Waals surface area contributed by atoms with Crippen molar-refractivity contribution in [3.05, 3.63) is 57.7 Å². The predicted octanol–water partition coefficient (Wildman–Crippen LogP) is 3.77. The van der Waals surface area contributed by atoms with Crippen molar-refractivity contribution in [3.63, 3.8) is 0 Å². The molecule has 0 amide bonds. The predicted molar refractivity (Wildman–Crippen MR) is 70.0 cm³/mol. The second kappa shape index (κ2) is 4.57. The molecule has 74 valence electrons. The zero-order valence-corrected chi connectivity index (χ0v) is 10.1. The van der Waals surface area contributed by atoms with Crippen molar-refractivity contribution in [1.29, 1.82) is 0 Å². The number of rotatable bonds is 2. The van der Waals surface area contributed by atoms with Crippen LogP contribution in [0.2, 0.25) is 0 Å². The van der Waals surface area contributed by atoms with Crippen LogP contribution in [0.15, 0.2) is 48.5 Å². The van der Waals surface area contributed by atoms with E-state index in [4.69, 9.17) is 0 Å². The summed E-state index contributed by atoms with van der Waals surface area (Å²) in [6, 6.07) is 15.8. The first kappa shape index (κ1) is 10.4. The molecule has 0 saturated carbocycles. The molecule has 0 aliphatic rings. The van der Waals surface area contributed by atoms with Crippen LogP contribution in [0.25, 0.3) is 11.1 Å². The van der Waals surface area contributed by atoms with Crippen molar-refractivity contribution in [2.75, 3.05) is 0 Å². The molecule has 1 nitrogen and oxygen atoms in total. The molecule has 0 aromatic heterocycles. The summed E-state index contributed by atoms with van der Waals surface area (Å²) in [6.07, 6.45) is 0.901. The SMILES string of the molecule is O=Cc1ccc(I)cc1-c1ccccc1. The summed E-state index contributed by atoms with van der Waals surface area (Å²) >= 11 is 2.25. The number of halogens is 1. The van der Waals surface area contributed by atoms with E-state index >= 15 is 0 Å². The molecule has 0 fully saturated rings. The Morgan fingerprint density at radius 2 is 1.73 bits per heavy atom. The van der Waals surface area contributed by atoms with Gasteiger partial charge in [-0.05, 0) is 45.9 Å². The molecule has 0 atom stereocenters. The third-order valence-corrected chi connectivity index (χ3v) is 2.90. The molecule has 2 aromatic rings. The Kier molecular flexibility index (Phi) is 3.16. The maximum Gasteiger partial charge on any atom is 0.150 e. The number of hydrogen-bond donors (Lipinski definition) is 0.